The summed E-state index contributed by atoms with van der Waals surface area (Å²) in [5.74, 6) is 5.72. The van der Waals surface area contributed by atoms with Gasteiger partial charge in [0.15, 0.2) is 6.29 Å². The third-order valence-corrected chi connectivity index (χ3v) is 2.29. The van der Waals surface area contributed by atoms with Crippen LogP contribution in [-0.2, 0) is 9.47 Å². The van der Waals surface area contributed by atoms with Crippen molar-refractivity contribution in [1.82, 2.24) is 0 Å². The predicted molar refractivity (Wildman–Crippen MR) is 64.3 cm³/mol. The average molecular weight is 232 g/mol. The van der Waals surface area contributed by atoms with Crippen LogP contribution in [0, 0.1) is 11.8 Å². The van der Waals surface area contributed by atoms with E-state index >= 15 is 0 Å². The normalized spacial score (nSPS) is 16.6. The Labute approximate surface area is 101 Å². The van der Waals surface area contributed by atoms with Gasteiger partial charge in [-0.25, -0.2) is 0 Å². The lowest BCUT2D eigenvalue weighted by Crippen LogP contribution is -2.14. The molecule has 0 atom stereocenters. The second-order valence-corrected chi connectivity index (χ2v) is 4.51. The molecule has 0 spiro atoms. The fraction of sp³-hybridized carbons (Fsp3) is 0.429. The highest BCUT2D eigenvalue weighted by Gasteiger charge is 2.17. The highest BCUT2D eigenvalue weighted by Crippen LogP contribution is 2.23. The molecule has 2 rings (SSSR count). The number of aliphatic hydroxyl groups is 1. The summed E-state index contributed by atoms with van der Waals surface area (Å²) in [6.07, 6.45) is -0.279. The van der Waals surface area contributed by atoms with Gasteiger partial charge in [-0.3, -0.25) is 0 Å². The molecule has 0 aliphatic carbocycles. The summed E-state index contributed by atoms with van der Waals surface area (Å²) in [4.78, 5) is 0. The first-order valence-electron chi connectivity index (χ1n) is 5.63. The van der Waals surface area contributed by atoms with E-state index in [-0.39, 0.29) is 6.29 Å². The van der Waals surface area contributed by atoms with Crippen LogP contribution in [0.1, 0.15) is 31.3 Å². The van der Waals surface area contributed by atoms with Gasteiger partial charge in [-0.15, -0.1) is 0 Å². The minimum atomic E-state index is -0.976. The van der Waals surface area contributed by atoms with Crippen molar-refractivity contribution in [2.24, 2.45) is 0 Å². The molecular formula is C14H16O3. The van der Waals surface area contributed by atoms with Gasteiger partial charge < -0.3 is 14.6 Å². The first kappa shape index (κ1) is 12.1. The van der Waals surface area contributed by atoms with E-state index in [0.717, 1.165) is 11.1 Å². The lowest BCUT2D eigenvalue weighted by Gasteiger charge is -2.09. The number of hydrogen-bond acceptors (Lipinski definition) is 3. The first-order valence-corrected chi connectivity index (χ1v) is 5.63. The molecule has 1 aromatic rings. The molecule has 3 nitrogen and oxygen atoms in total. The van der Waals surface area contributed by atoms with Gasteiger partial charge in [0, 0.05) is 11.1 Å². The molecule has 1 aliphatic heterocycles. The van der Waals surface area contributed by atoms with Gasteiger partial charge in [0.2, 0.25) is 0 Å². The van der Waals surface area contributed by atoms with Crippen LogP contribution in [0.4, 0.5) is 0 Å². The molecule has 1 N–H and O–H groups in total. The van der Waals surface area contributed by atoms with Crippen LogP contribution in [-0.4, -0.2) is 23.9 Å². The van der Waals surface area contributed by atoms with E-state index in [2.05, 4.69) is 11.8 Å². The van der Waals surface area contributed by atoms with E-state index in [4.69, 9.17) is 9.47 Å². The molecule has 3 heteroatoms. The predicted octanol–water partition coefficient (Wildman–Crippen LogP) is 1.85. The molecule has 90 valence electrons. The summed E-state index contributed by atoms with van der Waals surface area (Å²) in [6, 6.07) is 7.69. The Hall–Kier alpha value is -1.34. The Balaban J connectivity index is 2.18. The first-order chi connectivity index (χ1) is 8.04. The van der Waals surface area contributed by atoms with E-state index in [1.54, 1.807) is 13.8 Å². The zero-order chi connectivity index (χ0) is 12.3. The van der Waals surface area contributed by atoms with Crippen LogP contribution in [0.5, 0.6) is 0 Å². The largest absolute Gasteiger partial charge is 0.378 e. The highest BCUT2D eigenvalue weighted by atomic mass is 16.7. The summed E-state index contributed by atoms with van der Waals surface area (Å²) >= 11 is 0. The molecule has 0 aromatic heterocycles. The van der Waals surface area contributed by atoms with Crippen molar-refractivity contribution in [2.45, 2.75) is 25.7 Å². The molecule has 0 radical (unpaired) electrons. The van der Waals surface area contributed by atoms with Crippen molar-refractivity contribution in [1.29, 1.82) is 0 Å². The second-order valence-electron chi connectivity index (χ2n) is 4.51. The van der Waals surface area contributed by atoms with Gasteiger partial charge in [-0.1, -0.05) is 24.0 Å². The van der Waals surface area contributed by atoms with Gasteiger partial charge >= 0.3 is 0 Å². The van der Waals surface area contributed by atoms with Crippen molar-refractivity contribution in [3.05, 3.63) is 35.4 Å². The molecule has 0 unspecified atom stereocenters. The lowest BCUT2D eigenvalue weighted by atomic mass is 10.1. The fourth-order valence-electron chi connectivity index (χ4n) is 1.54. The molecule has 1 aliphatic rings. The molecule has 1 saturated heterocycles. The van der Waals surface area contributed by atoms with Crippen LogP contribution in [0.25, 0.3) is 0 Å². The Kier molecular flexibility index (Phi) is 3.49. The highest BCUT2D eigenvalue weighted by molar-refractivity contribution is 5.38. The van der Waals surface area contributed by atoms with Crippen LogP contribution in [0.2, 0.25) is 0 Å². The van der Waals surface area contributed by atoms with Crippen molar-refractivity contribution >= 4 is 0 Å². The molecule has 1 fully saturated rings. The summed E-state index contributed by atoms with van der Waals surface area (Å²) in [7, 11) is 0. The van der Waals surface area contributed by atoms with E-state index in [0.29, 0.717) is 13.2 Å². The summed E-state index contributed by atoms with van der Waals surface area (Å²) in [5.41, 5.74) is 0.838. The zero-order valence-electron chi connectivity index (χ0n) is 10.1. The Morgan fingerprint density at radius 2 is 2.00 bits per heavy atom. The van der Waals surface area contributed by atoms with Gasteiger partial charge in [-0.05, 0) is 26.0 Å². The maximum atomic E-state index is 9.54. The summed E-state index contributed by atoms with van der Waals surface area (Å²) < 4.78 is 10.8. The lowest BCUT2D eigenvalue weighted by molar-refractivity contribution is -0.0441. The van der Waals surface area contributed by atoms with Crippen LogP contribution >= 0.6 is 0 Å². The molecule has 0 amide bonds. The quantitative estimate of drug-likeness (QED) is 0.751. The smallest absolute Gasteiger partial charge is 0.184 e. The molecule has 0 bridgehead atoms. The zero-order valence-corrected chi connectivity index (χ0v) is 10.1. The summed E-state index contributed by atoms with van der Waals surface area (Å²) in [5, 5.41) is 9.54. The van der Waals surface area contributed by atoms with E-state index in [9.17, 15) is 5.11 Å². The topological polar surface area (TPSA) is 38.7 Å². The fourth-order valence-corrected chi connectivity index (χ4v) is 1.54. The minimum absolute atomic E-state index is 0.279. The molecule has 1 aromatic carbocycles. The van der Waals surface area contributed by atoms with E-state index in [1.807, 2.05) is 24.3 Å². The maximum Gasteiger partial charge on any atom is 0.184 e. The van der Waals surface area contributed by atoms with Crippen molar-refractivity contribution < 1.29 is 14.6 Å². The van der Waals surface area contributed by atoms with Crippen LogP contribution in [0.15, 0.2) is 24.3 Å². The number of rotatable bonds is 1. The van der Waals surface area contributed by atoms with Gasteiger partial charge in [-0.2, -0.15) is 0 Å². The van der Waals surface area contributed by atoms with Gasteiger partial charge in [0.05, 0.1) is 13.2 Å². The number of hydrogen-bond donors (Lipinski definition) is 1. The molecule has 17 heavy (non-hydrogen) atoms. The van der Waals surface area contributed by atoms with Crippen molar-refractivity contribution in [2.75, 3.05) is 13.2 Å². The van der Waals surface area contributed by atoms with Gasteiger partial charge in [0.25, 0.3) is 0 Å². The molecule has 1 heterocycles. The van der Waals surface area contributed by atoms with Crippen molar-refractivity contribution in [3.63, 3.8) is 0 Å². The van der Waals surface area contributed by atoms with Crippen LogP contribution < -0.4 is 0 Å². The van der Waals surface area contributed by atoms with E-state index in [1.165, 1.54) is 0 Å². The third kappa shape index (κ3) is 3.57. The Bertz CT molecular complexity index is 443. The standard InChI is InChI=1S/C14H16O3/c1-14(2,15)7-6-11-4-3-5-12(10-11)13-16-8-9-17-13/h3-5,10,13,15H,8-9H2,1-2H3. The minimum Gasteiger partial charge on any atom is -0.378 e. The monoisotopic (exact) mass is 232 g/mol. The van der Waals surface area contributed by atoms with Crippen molar-refractivity contribution in [3.8, 4) is 11.8 Å². The number of benzene rings is 1. The molecule has 0 saturated carbocycles. The Morgan fingerprint density at radius 3 is 2.65 bits per heavy atom. The van der Waals surface area contributed by atoms with Gasteiger partial charge in [0.1, 0.15) is 5.60 Å². The second kappa shape index (κ2) is 4.89. The maximum absolute atomic E-state index is 9.54. The molecular weight excluding hydrogens is 216 g/mol. The summed E-state index contributed by atoms with van der Waals surface area (Å²) in [6.45, 7) is 4.58. The van der Waals surface area contributed by atoms with E-state index < -0.39 is 5.60 Å². The third-order valence-electron chi connectivity index (χ3n) is 2.29. The number of ether oxygens (including phenoxy) is 2. The Morgan fingerprint density at radius 1 is 1.29 bits per heavy atom. The van der Waals surface area contributed by atoms with Crippen LogP contribution in [0.3, 0.4) is 0 Å². The average Bonchev–Trinajstić information content (AvgIpc) is 2.79. The SMILES string of the molecule is CC(C)(O)C#Cc1cccc(C2OCCO2)c1.